The van der Waals surface area contributed by atoms with Crippen molar-refractivity contribution >= 4 is 11.6 Å². The average Bonchev–Trinajstić information content (AvgIpc) is 2.48. The number of carbonyl (C=O) groups is 1. The van der Waals surface area contributed by atoms with Gasteiger partial charge < -0.3 is 10.1 Å². The second-order valence-electron chi connectivity index (χ2n) is 5.17. The van der Waals surface area contributed by atoms with Crippen LogP contribution in [0.2, 0.25) is 0 Å². The predicted molar refractivity (Wildman–Crippen MR) is 85.9 cm³/mol. The number of aryl methyl sites for hydroxylation is 3. The van der Waals surface area contributed by atoms with Gasteiger partial charge in [0.2, 0.25) is 5.91 Å². The second-order valence-corrected chi connectivity index (χ2v) is 5.17. The van der Waals surface area contributed by atoms with Crippen molar-refractivity contribution in [2.45, 2.75) is 26.7 Å². The Morgan fingerprint density at radius 3 is 2.52 bits per heavy atom. The largest absolute Gasteiger partial charge is 0.496 e. The first-order chi connectivity index (χ1) is 10.1. The normalized spacial score (nSPS) is 10.2. The Kier molecular flexibility index (Phi) is 4.99. The Morgan fingerprint density at radius 2 is 1.86 bits per heavy atom. The van der Waals surface area contributed by atoms with Gasteiger partial charge in [0.1, 0.15) is 5.75 Å². The number of amides is 1. The number of ether oxygens (including phenoxy) is 1. The second kappa shape index (κ2) is 6.93. The minimum absolute atomic E-state index is 0.0396. The average molecular weight is 283 g/mol. The van der Waals surface area contributed by atoms with Crippen LogP contribution < -0.4 is 10.1 Å². The third-order valence-electron chi connectivity index (χ3n) is 3.52. The Balaban J connectivity index is 1.92. The van der Waals surface area contributed by atoms with Gasteiger partial charge in [0.25, 0.3) is 0 Å². The highest BCUT2D eigenvalue weighted by atomic mass is 16.5. The number of para-hydroxylation sites is 1. The summed E-state index contributed by atoms with van der Waals surface area (Å²) in [6, 6.07) is 13.8. The summed E-state index contributed by atoms with van der Waals surface area (Å²) < 4.78 is 5.24. The van der Waals surface area contributed by atoms with Crippen LogP contribution in [-0.2, 0) is 11.2 Å². The van der Waals surface area contributed by atoms with Crippen LogP contribution in [0.5, 0.6) is 5.75 Å². The molecule has 2 rings (SSSR count). The van der Waals surface area contributed by atoms with E-state index in [1.807, 2.05) is 50.2 Å². The molecule has 2 aromatic rings. The third-order valence-corrected chi connectivity index (χ3v) is 3.52. The number of anilines is 1. The third kappa shape index (κ3) is 4.09. The number of carbonyl (C=O) groups excluding carboxylic acids is 1. The Morgan fingerprint density at radius 1 is 1.10 bits per heavy atom. The maximum Gasteiger partial charge on any atom is 0.224 e. The van der Waals surface area contributed by atoms with E-state index in [0.717, 1.165) is 34.5 Å². The van der Waals surface area contributed by atoms with Crippen molar-refractivity contribution in [1.29, 1.82) is 0 Å². The topological polar surface area (TPSA) is 38.3 Å². The van der Waals surface area contributed by atoms with Crippen molar-refractivity contribution in [3.63, 3.8) is 0 Å². The van der Waals surface area contributed by atoms with Gasteiger partial charge in [-0.05, 0) is 49.1 Å². The van der Waals surface area contributed by atoms with E-state index in [1.54, 1.807) is 7.11 Å². The summed E-state index contributed by atoms with van der Waals surface area (Å²) in [7, 11) is 1.66. The zero-order chi connectivity index (χ0) is 15.2. The fourth-order valence-electron chi connectivity index (χ4n) is 2.28. The number of hydrogen-bond acceptors (Lipinski definition) is 2. The van der Waals surface area contributed by atoms with Gasteiger partial charge in [0.15, 0.2) is 0 Å². The molecular formula is C18H21NO2. The maximum absolute atomic E-state index is 12.0. The van der Waals surface area contributed by atoms with Gasteiger partial charge in [-0.15, -0.1) is 0 Å². The van der Waals surface area contributed by atoms with Crippen LogP contribution in [0.3, 0.4) is 0 Å². The fourth-order valence-corrected chi connectivity index (χ4v) is 2.28. The first-order valence-corrected chi connectivity index (χ1v) is 7.09. The molecule has 110 valence electrons. The van der Waals surface area contributed by atoms with Gasteiger partial charge in [-0.2, -0.15) is 0 Å². The van der Waals surface area contributed by atoms with Gasteiger partial charge in [-0.25, -0.2) is 0 Å². The van der Waals surface area contributed by atoms with Gasteiger partial charge in [-0.3, -0.25) is 4.79 Å². The van der Waals surface area contributed by atoms with Crippen molar-refractivity contribution in [2.75, 3.05) is 12.4 Å². The Hall–Kier alpha value is -2.29. The van der Waals surface area contributed by atoms with E-state index >= 15 is 0 Å². The molecule has 0 saturated carbocycles. The molecule has 21 heavy (non-hydrogen) atoms. The smallest absolute Gasteiger partial charge is 0.224 e. The van der Waals surface area contributed by atoms with Gasteiger partial charge in [0.05, 0.1) is 7.11 Å². The summed E-state index contributed by atoms with van der Waals surface area (Å²) >= 11 is 0. The highest BCUT2D eigenvalue weighted by Crippen LogP contribution is 2.19. The minimum Gasteiger partial charge on any atom is -0.496 e. The zero-order valence-electron chi connectivity index (χ0n) is 12.8. The molecule has 0 atom stereocenters. The summed E-state index contributed by atoms with van der Waals surface area (Å²) in [4.78, 5) is 12.0. The SMILES string of the molecule is COc1ccc(CCC(=O)Nc2ccccc2C)cc1C. The minimum atomic E-state index is 0.0396. The van der Waals surface area contributed by atoms with Crippen LogP contribution in [0.25, 0.3) is 0 Å². The molecular weight excluding hydrogens is 262 g/mol. The van der Waals surface area contributed by atoms with Crippen LogP contribution in [0.4, 0.5) is 5.69 Å². The first kappa shape index (κ1) is 15.1. The molecule has 0 aliphatic rings. The van der Waals surface area contributed by atoms with Gasteiger partial charge in [-0.1, -0.05) is 30.3 Å². The molecule has 0 radical (unpaired) electrons. The lowest BCUT2D eigenvalue weighted by molar-refractivity contribution is -0.116. The van der Waals surface area contributed by atoms with Crippen molar-refractivity contribution < 1.29 is 9.53 Å². The lowest BCUT2D eigenvalue weighted by Crippen LogP contribution is -2.13. The molecule has 0 bridgehead atoms. The number of methoxy groups -OCH3 is 1. The van der Waals surface area contributed by atoms with Gasteiger partial charge >= 0.3 is 0 Å². The molecule has 0 aliphatic carbocycles. The van der Waals surface area contributed by atoms with E-state index in [9.17, 15) is 4.79 Å². The molecule has 0 saturated heterocycles. The van der Waals surface area contributed by atoms with Crippen LogP contribution in [0, 0.1) is 13.8 Å². The molecule has 1 N–H and O–H groups in total. The van der Waals surface area contributed by atoms with E-state index in [0.29, 0.717) is 6.42 Å². The van der Waals surface area contributed by atoms with Crippen molar-refractivity contribution in [3.05, 3.63) is 59.2 Å². The van der Waals surface area contributed by atoms with E-state index in [1.165, 1.54) is 0 Å². The van der Waals surface area contributed by atoms with E-state index in [-0.39, 0.29) is 5.91 Å². The van der Waals surface area contributed by atoms with Crippen molar-refractivity contribution in [3.8, 4) is 5.75 Å². The molecule has 1 amide bonds. The van der Waals surface area contributed by atoms with Crippen LogP contribution in [0.1, 0.15) is 23.1 Å². The Bertz CT molecular complexity index is 635. The molecule has 3 heteroatoms. The molecule has 0 spiro atoms. The van der Waals surface area contributed by atoms with Crippen LogP contribution >= 0.6 is 0 Å². The zero-order valence-corrected chi connectivity index (χ0v) is 12.8. The summed E-state index contributed by atoms with van der Waals surface area (Å²) in [5, 5.41) is 2.95. The van der Waals surface area contributed by atoms with Crippen molar-refractivity contribution in [1.82, 2.24) is 0 Å². The van der Waals surface area contributed by atoms with Crippen LogP contribution in [-0.4, -0.2) is 13.0 Å². The molecule has 0 aromatic heterocycles. The molecule has 0 aliphatic heterocycles. The quantitative estimate of drug-likeness (QED) is 0.904. The lowest BCUT2D eigenvalue weighted by Gasteiger charge is -2.09. The first-order valence-electron chi connectivity index (χ1n) is 7.09. The highest BCUT2D eigenvalue weighted by molar-refractivity contribution is 5.91. The predicted octanol–water partition coefficient (Wildman–Crippen LogP) is 3.88. The molecule has 0 heterocycles. The molecule has 0 unspecified atom stereocenters. The fraction of sp³-hybridized carbons (Fsp3) is 0.278. The Labute approximate surface area is 126 Å². The molecule has 0 fully saturated rings. The summed E-state index contributed by atoms with van der Waals surface area (Å²) in [5.41, 5.74) is 4.20. The number of benzene rings is 2. The molecule has 2 aromatic carbocycles. The van der Waals surface area contributed by atoms with Gasteiger partial charge in [0, 0.05) is 12.1 Å². The van der Waals surface area contributed by atoms with Crippen molar-refractivity contribution in [2.24, 2.45) is 0 Å². The standard InChI is InChI=1S/C18H21NO2/c1-13-6-4-5-7-16(13)19-18(20)11-9-15-8-10-17(21-3)14(2)12-15/h4-8,10,12H,9,11H2,1-3H3,(H,19,20). The highest BCUT2D eigenvalue weighted by Gasteiger charge is 2.06. The number of hydrogen-bond donors (Lipinski definition) is 1. The van der Waals surface area contributed by atoms with E-state index in [4.69, 9.17) is 4.74 Å². The number of nitrogens with one attached hydrogen (secondary N) is 1. The monoisotopic (exact) mass is 283 g/mol. The van der Waals surface area contributed by atoms with E-state index < -0.39 is 0 Å². The number of rotatable bonds is 5. The van der Waals surface area contributed by atoms with E-state index in [2.05, 4.69) is 11.4 Å². The molecule has 3 nitrogen and oxygen atoms in total. The summed E-state index contributed by atoms with van der Waals surface area (Å²) in [5.74, 6) is 0.917. The maximum atomic E-state index is 12.0. The van der Waals surface area contributed by atoms with Crippen LogP contribution in [0.15, 0.2) is 42.5 Å². The summed E-state index contributed by atoms with van der Waals surface area (Å²) in [6.45, 7) is 4.00. The summed E-state index contributed by atoms with van der Waals surface area (Å²) in [6.07, 6.45) is 1.20. The lowest BCUT2D eigenvalue weighted by atomic mass is 10.1.